The lowest BCUT2D eigenvalue weighted by Crippen LogP contribution is -2.19. The highest BCUT2D eigenvalue weighted by atomic mass is 19.4. The van der Waals surface area contributed by atoms with Gasteiger partial charge in [0.2, 0.25) is 0 Å². The molecule has 6 heteroatoms. The van der Waals surface area contributed by atoms with Crippen LogP contribution in [0.5, 0.6) is 5.75 Å². The van der Waals surface area contributed by atoms with E-state index in [4.69, 9.17) is 4.74 Å². The lowest BCUT2D eigenvalue weighted by atomic mass is 10.1. The van der Waals surface area contributed by atoms with Crippen LogP contribution in [0.25, 0.3) is 0 Å². The molecule has 0 atom stereocenters. The highest BCUT2D eigenvalue weighted by molar-refractivity contribution is 6.06. The van der Waals surface area contributed by atoms with E-state index in [-0.39, 0.29) is 18.0 Å². The van der Waals surface area contributed by atoms with Crippen molar-refractivity contribution in [1.82, 2.24) is 0 Å². The molecule has 1 N–H and O–H groups in total. The Bertz CT molecular complexity index is 710. The zero-order chi connectivity index (χ0) is 15.0. The molecule has 0 unspecified atom stereocenters. The molecule has 3 nitrogen and oxygen atoms in total. The number of halogens is 3. The Labute approximate surface area is 118 Å². The molecule has 0 spiro atoms. The molecule has 3 rings (SSSR count). The fourth-order valence-electron chi connectivity index (χ4n) is 2.14. The van der Waals surface area contributed by atoms with Crippen molar-refractivity contribution in [1.29, 1.82) is 0 Å². The number of anilines is 1. The Morgan fingerprint density at radius 3 is 2.62 bits per heavy atom. The summed E-state index contributed by atoms with van der Waals surface area (Å²) < 4.78 is 43.7. The Hall–Kier alpha value is -2.50. The number of rotatable bonds is 0. The number of alkyl halides is 3. The van der Waals surface area contributed by atoms with Crippen LogP contribution in [0.15, 0.2) is 42.5 Å². The van der Waals surface area contributed by atoms with Crippen molar-refractivity contribution in [3.05, 3.63) is 59.2 Å². The highest BCUT2D eigenvalue weighted by Crippen LogP contribution is 2.36. The van der Waals surface area contributed by atoms with E-state index in [1.165, 1.54) is 6.07 Å². The SMILES string of the molecule is O=C1Nc2cc(C(F)(F)F)ccc2OCc2ccccc21. The molecule has 2 aromatic rings. The number of benzene rings is 2. The van der Waals surface area contributed by atoms with Gasteiger partial charge in [-0.05, 0) is 24.3 Å². The van der Waals surface area contributed by atoms with Crippen LogP contribution in [-0.4, -0.2) is 5.91 Å². The minimum absolute atomic E-state index is 0.0179. The molecule has 1 aliphatic rings. The number of ether oxygens (including phenoxy) is 1. The minimum Gasteiger partial charge on any atom is -0.487 e. The van der Waals surface area contributed by atoms with Gasteiger partial charge in [-0.3, -0.25) is 4.79 Å². The topological polar surface area (TPSA) is 38.3 Å². The fraction of sp³-hybridized carbons (Fsp3) is 0.133. The molecule has 0 saturated heterocycles. The average Bonchev–Trinajstić information content (AvgIpc) is 2.43. The van der Waals surface area contributed by atoms with E-state index in [9.17, 15) is 18.0 Å². The average molecular weight is 293 g/mol. The van der Waals surface area contributed by atoms with Crippen molar-refractivity contribution in [3.8, 4) is 5.75 Å². The van der Waals surface area contributed by atoms with Crippen molar-refractivity contribution in [2.24, 2.45) is 0 Å². The van der Waals surface area contributed by atoms with Gasteiger partial charge in [0.05, 0.1) is 11.3 Å². The molecule has 0 saturated carbocycles. The Balaban J connectivity index is 2.03. The summed E-state index contributed by atoms with van der Waals surface area (Å²) in [5, 5.41) is 2.47. The van der Waals surface area contributed by atoms with Gasteiger partial charge >= 0.3 is 6.18 Å². The van der Waals surface area contributed by atoms with E-state index < -0.39 is 17.6 Å². The molecule has 21 heavy (non-hydrogen) atoms. The first-order valence-corrected chi connectivity index (χ1v) is 6.18. The number of amides is 1. The van der Waals surface area contributed by atoms with E-state index in [2.05, 4.69) is 5.32 Å². The zero-order valence-electron chi connectivity index (χ0n) is 10.7. The van der Waals surface area contributed by atoms with Gasteiger partial charge in [-0.15, -0.1) is 0 Å². The van der Waals surface area contributed by atoms with E-state index in [1.807, 2.05) is 0 Å². The minimum atomic E-state index is -4.47. The second kappa shape index (κ2) is 4.80. The Kier molecular flexibility index (Phi) is 3.08. The van der Waals surface area contributed by atoms with Crippen LogP contribution in [0.1, 0.15) is 21.5 Å². The van der Waals surface area contributed by atoms with Gasteiger partial charge in [0, 0.05) is 11.1 Å². The molecule has 2 aromatic carbocycles. The van der Waals surface area contributed by atoms with Crippen LogP contribution >= 0.6 is 0 Å². The first-order valence-electron chi connectivity index (χ1n) is 6.18. The maximum absolute atomic E-state index is 12.7. The monoisotopic (exact) mass is 293 g/mol. The van der Waals surface area contributed by atoms with Crippen LogP contribution in [0.4, 0.5) is 18.9 Å². The maximum Gasteiger partial charge on any atom is 0.416 e. The summed E-state index contributed by atoms with van der Waals surface area (Å²) in [6.07, 6.45) is -4.47. The van der Waals surface area contributed by atoms with Crippen molar-refractivity contribution in [2.75, 3.05) is 5.32 Å². The van der Waals surface area contributed by atoms with Gasteiger partial charge < -0.3 is 10.1 Å². The quantitative estimate of drug-likeness (QED) is 0.801. The molecule has 0 aromatic heterocycles. The number of fused-ring (bicyclic) bond motifs is 2. The summed E-state index contributed by atoms with van der Waals surface area (Å²) in [5.41, 5.74) is 0.254. The summed E-state index contributed by atoms with van der Waals surface area (Å²) in [7, 11) is 0. The van der Waals surface area contributed by atoms with E-state index in [1.54, 1.807) is 24.3 Å². The molecule has 0 radical (unpaired) electrons. The fourth-order valence-corrected chi connectivity index (χ4v) is 2.14. The molecule has 0 fully saturated rings. The standard InChI is InChI=1S/C15H10F3NO2/c16-15(17,18)10-5-6-13-12(7-10)19-14(20)11-4-2-1-3-9(11)8-21-13/h1-7H,8H2,(H,19,20). The normalized spacial score (nSPS) is 14.1. The first-order chi connectivity index (χ1) is 9.95. The zero-order valence-corrected chi connectivity index (χ0v) is 10.7. The van der Waals surface area contributed by atoms with Crippen LogP contribution in [-0.2, 0) is 12.8 Å². The third-order valence-electron chi connectivity index (χ3n) is 3.20. The van der Waals surface area contributed by atoms with Gasteiger partial charge in [0.1, 0.15) is 12.4 Å². The van der Waals surface area contributed by atoms with E-state index in [0.29, 0.717) is 11.1 Å². The largest absolute Gasteiger partial charge is 0.487 e. The van der Waals surface area contributed by atoms with Gasteiger partial charge in [0.15, 0.2) is 0 Å². The third kappa shape index (κ3) is 2.56. The summed E-state index contributed by atoms with van der Waals surface area (Å²) in [4.78, 5) is 12.1. The van der Waals surface area contributed by atoms with Gasteiger partial charge in [0.25, 0.3) is 5.91 Å². The van der Waals surface area contributed by atoms with E-state index in [0.717, 1.165) is 12.1 Å². The van der Waals surface area contributed by atoms with Gasteiger partial charge in [-0.25, -0.2) is 0 Å². The van der Waals surface area contributed by atoms with Crippen molar-refractivity contribution in [2.45, 2.75) is 12.8 Å². The summed E-state index contributed by atoms with van der Waals surface area (Å²) in [6, 6.07) is 9.82. The number of hydrogen-bond donors (Lipinski definition) is 1. The van der Waals surface area contributed by atoms with Crippen molar-refractivity contribution in [3.63, 3.8) is 0 Å². The van der Waals surface area contributed by atoms with Crippen LogP contribution in [0, 0.1) is 0 Å². The van der Waals surface area contributed by atoms with Crippen LogP contribution in [0.2, 0.25) is 0 Å². The highest BCUT2D eigenvalue weighted by Gasteiger charge is 2.31. The second-order valence-corrected chi connectivity index (χ2v) is 4.61. The molecule has 1 amide bonds. The molecule has 1 aliphatic heterocycles. The predicted molar refractivity (Wildman–Crippen MR) is 70.2 cm³/mol. The molecule has 108 valence electrons. The van der Waals surface area contributed by atoms with Crippen LogP contribution in [0.3, 0.4) is 0 Å². The molecule has 0 aliphatic carbocycles. The summed E-state index contributed by atoms with van der Waals surface area (Å²) in [6.45, 7) is 0.127. The predicted octanol–water partition coefficient (Wildman–Crippen LogP) is 3.85. The summed E-state index contributed by atoms with van der Waals surface area (Å²) in [5.74, 6) is -0.236. The number of hydrogen-bond acceptors (Lipinski definition) is 2. The van der Waals surface area contributed by atoms with Crippen LogP contribution < -0.4 is 10.1 Å². The summed E-state index contributed by atoms with van der Waals surface area (Å²) >= 11 is 0. The van der Waals surface area contributed by atoms with E-state index >= 15 is 0 Å². The lowest BCUT2D eigenvalue weighted by molar-refractivity contribution is -0.137. The Morgan fingerprint density at radius 1 is 1.10 bits per heavy atom. The van der Waals surface area contributed by atoms with Crippen molar-refractivity contribution >= 4 is 11.6 Å². The number of nitrogens with one attached hydrogen (secondary N) is 1. The maximum atomic E-state index is 12.7. The lowest BCUT2D eigenvalue weighted by Gasteiger charge is -2.19. The number of carbonyl (C=O) groups excluding carboxylic acids is 1. The Morgan fingerprint density at radius 2 is 1.86 bits per heavy atom. The molecular formula is C15H10F3NO2. The molecular weight excluding hydrogens is 283 g/mol. The first kappa shape index (κ1) is 13.5. The molecule has 1 heterocycles. The van der Waals surface area contributed by atoms with Gasteiger partial charge in [-0.1, -0.05) is 18.2 Å². The second-order valence-electron chi connectivity index (χ2n) is 4.61. The molecule has 0 bridgehead atoms. The van der Waals surface area contributed by atoms with Gasteiger partial charge in [-0.2, -0.15) is 13.2 Å². The smallest absolute Gasteiger partial charge is 0.416 e. The van der Waals surface area contributed by atoms with Crippen molar-refractivity contribution < 1.29 is 22.7 Å². The number of carbonyl (C=O) groups is 1. The third-order valence-corrected chi connectivity index (χ3v) is 3.20.